The predicted molar refractivity (Wildman–Crippen MR) is 75.7 cm³/mol. The van der Waals surface area contributed by atoms with Crippen LogP contribution in [0.5, 0.6) is 0 Å². The fourth-order valence-electron chi connectivity index (χ4n) is 3.25. The van der Waals surface area contributed by atoms with Crippen LogP contribution in [0.4, 0.5) is 5.69 Å². The van der Waals surface area contributed by atoms with E-state index in [1.54, 1.807) is 4.90 Å². The monoisotopic (exact) mass is 273 g/mol. The standard InChI is InChI=1S/C16H19NO3/c1-10-4-7-14-11(9-10)3-2-8-17(14)15(18)12-5-6-13(12)16(19)20/h4,7,9,12-13H,2-3,5-6,8H2,1H3,(H,19,20). The number of carbonyl (C=O) groups is 2. The Morgan fingerprint density at radius 1 is 1.25 bits per heavy atom. The minimum Gasteiger partial charge on any atom is -0.481 e. The molecule has 1 N–H and O–H groups in total. The third-order valence-corrected chi connectivity index (χ3v) is 4.53. The molecule has 1 fully saturated rings. The lowest BCUT2D eigenvalue weighted by atomic mass is 9.72. The van der Waals surface area contributed by atoms with Crippen molar-refractivity contribution in [2.24, 2.45) is 11.8 Å². The molecule has 20 heavy (non-hydrogen) atoms. The highest BCUT2D eigenvalue weighted by Crippen LogP contribution is 2.38. The summed E-state index contributed by atoms with van der Waals surface area (Å²) in [4.78, 5) is 25.5. The van der Waals surface area contributed by atoms with Gasteiger partial charge in [-0.05, 0) is 44.2 Å². The van der Waals surface area contributed by atoms with Gasteiger partial charge >= 0.3 is 5.97 Å². The maximum atomic E-state index is 12.6. The average molecular weight is 273 g/mol. The van der Waals surface area contributed by atoms with E-state index in [2.05, 4.69) is 6.07 Å². The number of carbonyl (C=O) groups excluding carboxylic acids is 1. The fraction of sp³-hybridized carbons (Fsp3) is 0.500. The lowest BCUT2D eigenvalue weighted by molar-refractivity contribution is -0.152. The van der Waals surface area contributed by atoms with Gasteiger partial charge in [0, 0.05) is 12.2 Å². The van der Waals surface area contributed by atoms with Crippen molar-refractivity contribution in [2.45, 2.75) is 32.6 Å². The summed E-state index contributed by atoms with van der Waals surface area (Å²) < 4.78 is 0. The molecule has 1 aliphatic heterocycles. The van der Waals surface area contributed by atoms with E-state index in [9.17, 15) is 9.59 Å². The summed E-state index contributed by atoms with van der Waals surface area (Å²) in [6, 6.07) is 6.14. The summed E-state index contributed by atoms with van der Waals surface area (Å²) in [5, 5.41) is 9.11. The second kappa shape index (κ2) is 4.93. The smallest absolute Gasteiger partial charge is 0.307 e. The molecular weight excluding hydrogens is 254 g/mol. The second-order valence-electron chi connectivity index (χ2n) is 5.85. The SMILES string of the molecule is Cc1ccc2c(c1)CCCN2C(=O)C1CCC1C(=O)O. The van der Waals surface area contributed by atoms with E-state index >= 15 is 0 Å². The van der Waals surface area contributed by atoms with Crippen LogP contribution in [-0.2, 0) is 16.0 Å². The Morgan fingerprint density at radius 3 is 2.65 bits per heavy atom. The van der Waals surface area contributed by atoms with E-state index < -0.39 is 11.9 Å². The van der Waals surface area contributed by atoms with Crippen molar-refractivity contribution in [2.75, 3.05) is 11.4 Å². The van der Waals surface area contributed by atoms with Gasteiger partial charge in [0.25, 0.3) is 0 Å². The first-order chi connectivity index (χ1) is 9.58. The number of anilines is 1. The highest BCUT2D eigenvalue weighted by molar-refractivity contribution is 5.99. The van der Waals surface area contributed by atoms with Crippen molar-refractivity contribution in [1.29, 1.82) is 0 Å². The molecule has 1 saturated carbocycles. The van der Waals surface area contributed by atoms with Crippen LogP contribution in [0.25, 0.3) is 0 Å². The molecule has 4 heteroatoms. The van der Waals surface area contributed by atoms with Crippen LogP contribution in [0.3, 0.4) is 0 Å². The third kappa shape index (κ3) is 2.09. The second-order valence-corrected chi connectivity index (χ2v) is 5.85. The predicted octanol–water partition coefficient (Wildman–Crippen LogP) is 2.39. The Morgan fingerprint density at radius 2 is 2.00 bits per heavy atom. The Labute approximate surface area is 118 Å². The minimum atomic E-state index is -0.837. The van der Waals surface area contributed by atoms with E-state index in [4.69, 9.17) is 5.11 Å². The van der Waals surface area contributed by atoms with E-state index in [1.807, 2.05) is 19.1 Å². The number of amides is 1. The zero-order valence-corrected chi connectivity index (χ0v) is 11.6. The Hall–Kier alpha value is -1.84. The lowest BCUT2D eigenvalue weighted by Crippen LogP contribution is -2.47. The van der Waals surface area contributed by atoms with Crippen LogP contribution >= 0.6 is 0 Å². The van der Waals surface area contributed by atoms with E-state index in [0.717, 1.165) is 18.5 Å². The molecule has 4 nitrogen and oxygen atoms in total. The summed E-state index contributed by atoms with van der Waals surface area (Å²) in [7, 11) is 0. The number of aryl methyl sites for hydroxylation is 2. The highest BCUT2D eigenvalue weighted by atomic mass is 16.4. The van der Waals surface area contributed by atoms with Gasteiger partial charge in [-0.1, -0.05) is 17.7 Å². The molecule has 0 radical (unpaired) electrons. The topological polar surface area (TPSA) is 57.6 Å². The number of carboxylic acids is 1. The normalized spacial score (nSPS) is 24.8. The van der Waals surface area contributed by atoms with Gasteiger partial charge in [0.2, 0.25) is 5.91 Å². The molecule has 3 rings (SSSR count). The van der Waals surface area contributed by atoms with Gasteiger partial charge in [-0.25, -0.2) is 0 Å². The third-order valence-electron chi connectivity index (χ3n) is 4.53. The lowest BCUT2D eigenvalue weighted by Gasteiger charge is -2.38. The fourth-order valence-corrected chi connectivity index (χ4v) is 3.25. The average Bonchev–Trinajstić information content (AvgIpc) is 2.35. The highest BCUT2D eigenvalue weighted by Gasteiger charge is 2.43. The number of hydrogen-bond acceptors (Lipinski definition) is 2. The minimum absolute atomic E-state index is 0.00606. The van der Waals surface area contributed by atoms with Crippen LogP contribution in [-0.4, -0.2) is 23.5 Å². The molecule has 2 aliphatic rings. The van der Waals surface area contributed by atoms with Crippen LogP contribution in [0.1, 0.15) is 30.4 Å². The van der Waals surface area contributed by atoms with Crippen LogP contribution in [0.15, 0.2) is 18.2 Å². The van der Waals surface area contributed by atoms with Crippen molar-refractivity contribution < 1.29 is 14.7 Å². The summed E-state index contributed by atoms with van der Waals surface area (Å²) in [6.45, 7) is 2.76. The van der Waals surface area contributed by atoms with Crippen molar-refractivity contribution in [3.8, 4) is 0 Å². The van der Waals surface area contributed by atoms with Gasteiger partial charge < -0.3 is 10.0 Å². The van der Waals surface area contributed by atoms with Crippen molar-refractivity contribution in [3.05, 3.63) is 29.3 Å². The molecule has 1 aromatic rings. The van der Waals surface area contributed by atoms with Crippen LogP contribution in [0.2, 0.25) is 0 Å². The molecule has 0 spiro atoms. The number of aliphatic carboxylic acids is 1. The Balaban J connectivity index is 1.85. The van der Waals surface area contributed by atoms with Crippen molar-refractivity contribution in [3.63, 3.8) is 0 Å². The summed E-state index contributed by atoms with van der Waals surface area (Å²) in [6.07, 6.45) is 3.27. The van der Waals surface area contributed by atoms with E-state index in [-0.39, 0.29) is 11.8 Å². The summed E-state index contributed by atoms with van der Waals surface area (Å²) in [5.74, 6) is -1.66. The number of fused-ring (bicyclic) bond motifs is 1. The molecule has 1 aliphatic carbocycles. The summed E-state index contributed by atoms with van der Waals surface area (Å²) >= 11 is 0. The molecule has 0 bridgehead atoms. The molecule has 0 aromatic heterocycles. The molecule has 1 heterocycles. The molecule has 0 saturated heterocycles. The van der Waals surface area contributed by atoms with Crippen LogP contribution in [0, 0.1) is 18.8 Å². The van der Waals surface area contributed by atoms with Gasteiger partial charge in [-0.3, -0.25) is 9.59 Å². The number of hydrogen-bond donors (Lipinski definition) is 1. The zero-order chi connectivity index (χ0) is 14.3. The first-order valence-corrected chi connectivity index (χ1v) is 7.21. The molecule has 106 valence electrons. The Bertz CT molecular complexity index is 567. The number of benzene rings is 1. The van der Waals surface area contributed by atoms with Gasteiger partial charge in [0.15, 0.2) is 0 Å². The van der Waals surface area contributed by atoms with Gasteiger partial charge in [-0.15, -0.1) is 0 Å². The van der Waals surface area contributed by atoms with Gasteiger partial charge in [0.1, 0.15) is 0 Å². The first-order valence-electron chi connectivity index (χ1n) is 7.21. The molecule has 2 atom stereocenters. The molecular formula is C16H19NO3. The molecule has 2 unspecified atom stereocenters. The Kier molecular flexibility index (Phi) is 3.24. The largest absolute Gasteiger partial charge is 0.481 e. The quantitative estimate of drug-likeness (QED) is 0.900. The zero-order valence-electron chi connectivity index (χ0n) is 11.6. The number of rotatable bonds is 2. The van der Waals surface area contributed by atoms with Gasteiger partial charge in [0.05, 0.1) is 11.8 Å². The molecule has 1 amide bonds. The van der Waals surface area contributed by atoms with Crippen molar-refractivity contribution in [1.82, 2.24) is 0 Å². The summed E-state index contributed by atoms with van der Waals surface area (Å²) in [5.41, 5.74) is 3.38. The van der Waals surface area contributed by atoms with Gasteiger partial charge in [-0.2, -0.15) is 0 Å². The van der Waals surface area contributed by atoms with E-state index in [1.165, 1.54) is 11.1 Å². The maximum absolute atomic E-state index is 12.6. The van der Waals surface area contributed by atoms with Crippen molar-refractivity contribution >= 4 is 17.6 Å². The van der Waals surface area contributed by atoms with Crippen LogP contribution < -0.4 is 4.90 Å². The molecule has 1 aromatic carbocycles. The number of nitrogens with zero attached hydrogens (tertiary/aromatic N) is 1. The number of carboxylic acid groups (broad SMARTS) is 1. The maximum Gasteiger partial charge on any atom is 0.307 e. The van der Waals surface area contributed by atoms with E-state index in [0.29, 0.717) is 19.4 Å². The first kappa shape index (κ1) is 13.2.